The Bertz CT molecular complexity index is 855. The zero-order valence-corrected chi connectivity index (χ0v) is 17.0. The molecule has 1 fully saturated rings. The van der Waals surface area contributed by atoms with E-state index in [0.717, 1.165) is 22.7 Å². The molecule has 2 amide bonds. The van der Waals surface area contributed by atoms with Gasteiger partial charge >= 0.3 is 0 Å². The van der Waals surface area contributed by atoms with Crippen LogP contribution >= 0.6 is 0 Å². The molecule has 3 rings (SSSR count). The number of aromatic nitrogens is 1. The van der Waals surface area contributed by atoms with Crippen molar-refractivity contribution in [1.29, 1.82) is 0 Å². The predicted octanol–water partition coefficient (Wildman–Crippen LogP) is 1.45. The molecule has 2 N–H and O–H groups in total. The number of hydrogen-bond donors (Lipinski definition) is 2. The average molecular weight is 396 g/mol. The van der Waals surface area contributed by atoms with E-state index in [1.807, 2.05) is 54.3 Å². The van der Waals surface area contributed by atoms with Crippen LogP contribution in [0.5, 0.6) is 5.75 Å². The van der Waals surface area contributed by atoms with Gasteiger partial charge in [-0.1, -0.05) is 24.3 Å². The summed E-state index contributed by atoms with van der Waals surface area (Å²) in [6, 6.07) is 13.1. The summed E-state index contributed by atoms with van der Waals surface area (Å²) in [7, 11) is 1.63. The second kappa shape index (κ2) is 10.0. The molecule has 2 heterocycles. The number of carbonyl (C=O) groups excluding carboxylic acids is 2. The van der Waals surface area contributed by atoms with Crippen molar-refractivity contribution in [3.8, 4) is 5.75 Å². The Hall–Kier alpha value is -2.93. The van der Waals surface area contributed by atoms with Gasteiger partial charge in [0.15, 0.2) is 0 Å². The molecular formula is C22H28N4O3. The maximum atomic E-state index is 12.5. The van der Waals surface area contributed by atoms with Gasteiger partial charge in [-0.3, -0.25) is 19.5 Å². The van der Waals surface area contributed by atoms with Crippen LogP contribution in [0.2, 0.25) is 0 Å². The van der Waals surface area contributed by atoms with Crippen molar-refractivity contribution in [3.63, 3.8) is 0 Å². The molecule has 1 aromatic carbocycles. The Morgan fingerprint density at radius 1 is 1.28 bits per heavy atom. The van der Waals surface area contributed by atoms with E-state index in [1.165, 1.54) is 0 Å². The molecule has 1 aliphatic heterocycles. The molecule has 29 heavy (non-hydrogen) atoms. The van der Waals surface area contributed by atoms with Gasteiger partial charge in [0.25, 0.3) is 0 Å². The van der Waals surface area contributed by atoms with Crippen molar-refractivity contribution in [1.82, 2.24) is 20.5 Å². The molecule has 7 heteroatoms. The Morgan fingerprint density at radius 2 is 2.10 bits per heavy atom. The van der Waals surface area contributed by atoms with E-state index in [4.69, 9.17) is 4.74 Å². The van der Waals surface area contributed by atoms with Crippen molar-refractivity contribution in [2.24, 2.45) is 0 Å². The fraction of sp³-hybridized carbons (Fsp3) is 0.409. The molecule has 1 aromatic heterocycles. The predicted molar refractivity (Wildman–Crippen MR) is 111 cm³/mol. The van der Waals surface area contributed by atoms with Crippen LogP contribution in [0, 0.1) is 6.92 Å². The smallest absolute Gasteiger partial charge is 0.237 e. The molecule has 2 aromatic rings. The van der Waals surface area contributed by atoms with Gasteiger partial charge in [0.2, 0.25) is 11.8 Å². The SMILES string of the molecule is COc1ccccc1CN1CCNC(=O)C1CC(=O)NCCc1cccc(C)n1. The number of hydrogen-bond acceptors (Lipinski definition) is 5. The van der Waals surface area contributed by atoms with Crippen LogP contribution in [0.25, 0.3) is 0 Å². The van der Waals surface area contributed by atoms with E-state index in [9.17, 15) is 9.59 Å². The molecule has 1 aliphatic rings. The summed E-state index contributed by atoms with van der Waals surface area (Å²) in [5.41, 5.74) is 2.90. The lowest BCUT2D eigenvalue weighted by atomic mass is 10.1. The van der Waals surface area contributed by atoms with Crippen LogP contribution in [-0.2, 0) is 22.6 Å². The lowest BCUT2D eigenvalue weighted by molar-refractivity contribution is -0.134. The number of piperazine rings is 1. The maximum absolute atomic E-state index is 12.5. The minimum absolute atomic E-state index is 0.110. The second-order valence-electron chi connectivity index (χ2n) is 7.16. The van der Waals surface area contributed by atoms with E-state index in [2.05, 4.69) is 15.6 Å². The van der Waals surface area contributed by atoms with E-state index in [-0.39, 0.29) is 18.2 Å². The van der Waals surface area contributed by atoms with Gasteiger partial charge in [0.1, 0.15) is 5.75 Å². The number of para-hydroxylation sites is 1. The maximum Gasteiger partial charge on any atom is 0.237 e. The van der Waals surface area contributed by atoms with E-state index in [1.54, 1.807) is 7.11 Å². The number of nitrogens with one attached hydrogen (secondary N) is 2. The van der Waals surface area contributed by atoms with Gasteiger partial charge in [0.05, 0.1) is 19.6 Å². The monoisotopic (exact) mass is 396 g/mol. The molecular weight excluding hydrogens is 368 g/mol. The zero-order valence-electron chi connectivity index (χ0n) is 17.0. The van der Waals surface area contributed by atoms with Gasteiger partial charge in [-0.05, 0) is 25.1 Å². The first-order valence-electron chi connectivity index (χ1n) is 9.89. The van der Waals surface area contributed by atoms with E-state index in [0.29, 0.717) is 32.6 Å². The third-order valence-electron chi connectivity index (χ3n) is 5.04. The van der Waals surface area contributed by atoms with Crippen LogP contribution in [0.3, 0.4) is 0 Å². The van der Waals surface area contributed by atoms with Crippen LogP contribution in [0.15, 0.2) is 42.5 Å². The number of amides is 2. The Kier molecular flexibility index (Phi) is 7.19. The lowest BCUT2D eigenvalue weighted by Crippen LogP contribution is -2.56. The summed E-state index contributed by atoms with van der Waals surface area (Å²) in [6.07, 6.45) is 0.789. The number of methoxy groups -OCH3 is 1. The highest BCUT2D eigenvalue weighted by atomic mass is 16.5. The minimum Gasteiger partial charge on any atom is -0.496 e. The Labute approximate surface area is 171 Å². The van der Waals surface area contributed by atoms with Crippen LogP contribution < -0.4 is 15.4 Å². The highest BCUT2D eigenvalue weighted by Crippen LogP contribution is 2.21. The van der Waals surface area contributed by atoms with Crippen LogP contribution in [-0.4, -0.2) is 54.5 Å². The fourth-order valence-corrected chi connectivity index (χ4v) is 3.54. The second-order valence-corrected chi connectivity index (χ2v) is 7.16. The topological polar surface area (TPSA) is 83.6 Å². The normalized spacial score (nSPS) is 16.9. The Morgan fingerprint density at radius 3 is 2.90 bits per heavy atom. The standard InChI is InChI=1S/C22H28N4O3/c1-16-6-5-8-18(25-16)10-11-23-21(27)14-19-22(28)24-12-13-26(19)15-17-7-3-4-9-20(17)29-2/h3-9,19H,10-15H2,1-2H3,(H,23,27)(H,24,28). The number of pyridine rings is 1. The first kappa shape index (κ1) is 20.8. The average Bonchev–Trinajstić information content (AvgIpc) is 2.71. The number of aryl methyl sites for hydroxylation is 1. The number of benzene rings is 1. The summed E-state index contributed by atoms with van der Waals surface area (Å²) in [6.45, 7) is 4.26. The fourth-order valence-electron chi connectivity index (χ4n) is 3.54. The molecule has 154 valence electrons. The quantitative estimate of drug-likeness (QED) is 0.706. The molecule has 1 unspecified atom stereocenters. The van der Waals surface area contributed by atoms with Gasteiger partial charge < -0.3 is 15.4 Å². The Balaban J connectivity index is 1.57. The van der Waals surface area contributed by atoms with Crippen molar-refractivity contribution < 1.29 is 14.3 Å². The van der Waals surface area contributed by atoms with Gasteiger partial charge in [-0.25, -0.2) is 0 Å². The zero-order chi connectivity index (χ0) is 20.6. The highest BCUT2D eigenvalue weighted by Gasteiger charge is 2.31. The lowest BCUT2D eigenvalue weighted by Gasteiger charge is -2.35. The molecule has 0 bridgehead atoms. The molecule has 0 aliphatic carbocycles. The van der Waals surface area contributed by atoms with E-state index < -0.39 is 6.04 Å². The largest absolute Gasteiger partial charge is 0.496 e. The van der Waals surface area contributed by atoms with Gasteiger partial charge in [-0.2, -0.15) is 0 Å². The van der Waals surface area contributed by atoms with Crippen molar-refractivity contribution in [2.75, 3.05) is 26.7 Å². The summed E-state index contributed by atoms with van der Waals surface area (Å²) in [4.78, 5) is 31.4. The van der Waals surface area contributed by atoms with Crippen molar-refractivity contribution >= 4 is 11.8 Å². The molecule has 0 spiro atoms. The highest BCUT2D eigenvalue weighted by molar-refractivity contribution is 5.88. The van der Waals surface area contributed by atoms with Crippen molar-refractivity contribution in [2.45, 2.75) is 32.4 Å². The number of carbonyl (C=O) groups is 2. The number of ether oxygens (including phenoxy) is 1. The first-order chi connectivity index (χ1) is 14.1. The summed E-state index contributed by atoms with van der Waals surface area (Å²) >= 11 is 0. The summed E-state index contributed by atoms with van der Waals surface area (Å²) in [5, 5.41) is 5.78. The van der Waals surface area contributed by atoms with Crippen molar-refractivity contribution in [3.05, 3.63) is 59.4 Å². The third kappa shape index (κ3) is 5.77. The molecule has 1 atom stereocenters. The third-order valence-corrected chi connectivity index (χ3v) is 5.04. The van der Waals surface area contributed by atoms with E-state index >= 15 is 0 Å². The van der Waals surface area contributed by atoms with Gasteiger partial charge in [-0.15, -0.1) is 0 Å². The molecule has 0 saturated carbocycles. The summed E-state index contributed by atoms with van der Waals surface area (Å²) in [5.74, 6) is 0.540. The van der Waals surface area contributed by atoms with Crippen LogP contribution in [0.4, 0.5) is 0 Å². The summed E-state index contributed by atoms with van der Waals surface area (Å²) < 4.78 is 5.42. The number of rotatable bonds is 8. The molecule has 0 radical (unpaired) electrons. The first-order valence-corrected chi connectivity index (χ1v) is 9.89. The molecule has 1 saturated heterocycles. The van der Waals surface area contributed by atoms with Gasteiger partial charge in [0, 0.05) is 49.6 Å². The van der Waals surface area contributed by atoms with Crippen LogP contribution in [0.1, 0.15) is 23.4 Å². The number of nitrogens with zero attached hydrogens (tertiary/aromatic N) is 2. The molecule has 7 nitrogen and oxygen atoms in total. The minimum atomic E-state index is -0.495.